The summed E-state index contributed by atoms with van der Waals surface area (Å²) < 4.78 is 0.557. The maximum atomic E-state index is 12.5. The summed E-state index contributed by atoms with van der Waals surface area (Å²) in [5, 5.41) is 10.4. The number of carboxylic acids is 1. The number of carbonyl (C=O) groups excluding carboxylic acids is 2. The third kappa shape index (κ3) is 5.57. The van der Waals surface area contributed by atoms with Crippen molar-refractivity contribution in [1.82, 2.24) is 4.90 Å². The van der Waals surface area contributed by atoms with Crippen LogP contribution in [0.5, 0.6) is 0 Å². The van der Waals surface area contributed by atoms with Gasteiger partial charge in [0.25, 0.3) is 5.91 Å². The smallest absolute Gasteiger partial charge is 0.266 e. The first-order valence-electron chi connectivity index (χ1n) is 8.11. The van der Waals surface area contributed by atoms with Crippen LogP contribution >= 0.6 is 24.0 Å². The molecule has 134 valence electrons. The number of thioether (sulfide) groups is 1. The lowest BCUT2D eigenvalue weighted by Gasteiger charge is -2.14. The zero-order valence-electron chi connectivity index (χ0n) is 14.4. The molecule has 0 radical (unpaired) electrons. The first-order chi connectivity index (χ1) is 11.9. The predicted octanol–water partition coefficient (Wildman–Crippen LogP) is 2.26. The summed E-state index contributed by atoms with van der Waals surface area (Å²) in [5.41, 5.74) is 2.06. The van der Waals surface area contributed by atoms with Crippen LogP contribution in [0.15, 0.2) is 29.2 Å². The van der Waals surface area contributed by atoms with Gasteiger partial charge >= 0.3 is 0 Å². The Morgan fingerprint density at radius 2 is 1.92 bits per heavy atom. The second-order valence-electron chi connectivity index (χ2n) is 6.00. The van der Waals surface area contributed by atoms with Gasteiger partial charge in [0.1, 0.15) is 4.32 Å². The molecule has 1 fully saturated rings. The molecule has 2 rings (SSSR count). The number of thiocarbonyl (C=S) groups is 1. The Kier molecular flexibility index (Phi) is 7.01. The lowest BCUT2D eigenvalue weighted by molar-refractivity contribution is -0.305. The first-order valence-corrected chi connectivity index (χ1v) is 9.33. The largest absolute Gasteiger partial charge is 0.550 e. The zero-order chi connectivity index (χ0) is 18.4. The normalized spacial score (nSPS) is 15.9. The van der Waals surface area contributed by atoms with Gasteiger partial charge in [-0.1, -0.05) is 42.5 Å². The number of amides is 1. The summed E-state index contributed by atoms with van der Waals surface area (Å²) in [4.78, 5) is 27.1. The van der Waals surface area contributed by atoms with Crippen molar-refractivity contribution >= 4 is 51.9 Å². The van der Waals surface area contributed by atoms with E-state index >= 15 is 0 Å². The van der Waals surface area contributed by atoms with Gasteiger partial charge in [0.2, 0.25) is 0 Å². The average molecular weight is 378 g/mol. The SMILES string of the molecule is CN(C)c1ccc(/C=C2/SC(=S)N(CCCCCC(=O)[O-])C2=O)cc1. The van der Waals surface area contributed by atoms with Gasteiger partial charge in [-0.2, -0.15) is 0 Å². The minimum absolute atomic E-state index is 0.0568. The molecule has 0 spiro atoms. The van der Waals surface area contributed by atoms with E-state index in [1.807, 2.05) is 49.3 Å². The molecule has 0 atom stereocenters. The predicted molar refractivity (Wildman–Crippen MR) is 104 cm³/mol. The van der Waals surface area contributed by atoms with Crippen molar-refractivity contribution in [2.45, 2.75) is 25.7 Å². The van der Waals surface area contributed by atoms with Crippen molar-refractivity contribution in [2.75, 3.05) is 25.5 Å². The number of nitrogens with zero attached hydrogens (tertiary/aromatic N) is 2. The molecule has 0 aliphatic carbocycles. The number of carbonyl (C=O) groups is 2. The Balaban J connectivity index is 1.94. The van der Waals surface area contributed by atoms with Gasteiger partial charge in [0.05, 0.1) is 4.91 Å². The molecule has 25 heavy (non-hydrogen) atoms. The van der Waals surface area contributed by atoms with E-state index in [-0.39, 0.29) is 12.3 Å². The van der Waals surface area contributed by atoms with E-state index in [2.05, 4.69) is 0 Å². The molecule has 0 aromatic heterocycles. The van der Waals surface area contributed by atoms with Crippen molar-refractivity contribution in [2.24, 2.45) is 0 Å². The molecular formula is C18H21N2O3S2-. The minimum Gasteiger partial charge on any atom is -0.550 e. The van der Waals surface area contributed by atoms with E-state index in [0.717, 1.165) is 24.1 Å². The van der Waals surface area contributed by atoms with Crippen LogP contribution in [0.2, 0.25) is 0 Å². The average Bonchev–Trinajstić information content (AvgIpc) is 2.82. The molecule has 1 saturated heterocycles. The highest BCUT2D eigenvalue weighted by Gasteiger charge is 2.31. The number of benzene rings is 1. The molecule has 0 bridgehead atoms. The number of carboxylic acid groups (broad SMARTS) is 1. The lowest BCUT2D eigenvalue weighted by Crippen LogP contribution is -2.29. The second-order valence-corrected chi connectivity index (χ2v) is 7.68. The fourth-order valence-electron chi connectivity index (χ4n) is 2.43. The number of hydrogen-bond donors (Lipinski definition) is 0. The fourth-order valence-corrected chi connectivity index (χ4v) is 3.74. The van der Waals surface area contributed by atoms with Crippen LogP contribution in [0, 0.1) is 0 Å². The summed E-state index contributed by atoms with van der Waals surface area (Å²) in [5.74, 6) is -1.11. The van der Waals surface area contributed by atoms with Crippen LogP contribution in [-0.4, -0.2) is 41.7 Å². The molecule has 1 heterocycles. The van der Waals surface area contributed by atoms with E-state index in [4.69, 9.17) is 12.2 Å². The Morgan fingerprint density at radius 3 is 2.52 bits per heavy atom. The molecule has 0 N–H and O–H groups in total. The summed E-state index contributed by atoms with van der Waals surface area (Å²) in [7, 11) is 3.96. The maximum Gasteiger partial charge on any atom is 0.266 e. The van der Waals surface area contributed by atoms with Crippen LogP contribution in [0.25, 0.3) is 6.08 Å². The number of unbranched alkanes of at least 4 members (excludes halogenated alkanes) is 2. The highest BCUT2D eigenvalue weighted by atomic mass is 32.2. The van der Waals surface area contributed by atoms with E-state index < -0.39 is 5.97 Å². The highest BCUT2D eigenvalue weighted by Crippen LogP contribution is 2.33. The van der Waals surface area contributed by atoms with Crippen molar-refractivity contribution in [3.8, 4) is 0 Å². The number of hydrogen-bond acceptors (Lipinski definition) is 6. The molecule has 1 aromatic rings. The maximum absolute atomic E-state index is 12.5. The molecular weight excluding hydrogens is 356 g/mol. The second kappa shape index (κ2) is 9.01. The van der Waals surface area contributed by atoms with Gasteiger partial charge in [-0.3, -0.25) is 9.69 Å². The Labute approximate surface area is 157 Å². The van der Waals surface area contributed by atoms with E-state index in [0.29, 0.717) is 22.2 Å². The quantitative estimate of drug-likeness (QED) is 0.393. The number of rotatable bonds is 8. The van der Waals surface area contributed by atoms with E-state index in [9.17, 15) is 14.7 Å². The van der Waals surface area contributed by atoms with Crippen molar-refractivity contribution in [3.05, 3.63) is 34.7 Å². The third-order valence-electron chi connectivity index (χ3n) is 3.84. The summed E-state index contributed by atoms with van der Waals surface area (Å²) in [6, 6.07) is 7.96. The molecule has 1 aliphatic heterocycles. The lowest BCUT2D eigenvalue weighted by atomic mass is 10.1. The Bertz CT molecular complexity index is 684. The van der Waals surface area contributed by atoms with Crippen molar-refractivity contribution in [3.63, 3.8) is 0 Å². The number of aliphatic carboxylic acids is 1. The van der Waals surface area contributed by atoms with Crippen molar-refractivity contribution < 1.29 is 14.7 Å². The van der Waals surface area contributed by atoms with Crippen LogP contribution in [-0.2, 0) is 9.59 Å². The van der Waals surface area contributed by atoms with Gasteiger partial charge in [-0.25, -0.2) is 0 Å². The van der Waals surface area contributed by atoms with Gasteiger partial charge < -0.3 is 14.8 Å². The summed E-state index contributed by atoms with van der Waals surface area (Å²) in [6.07, 6.45) is 3.93. The molecule has 0 unspecified atom stereocenters. The zero-order valence-corrected chi connectivity index (χ0v) is 16.0. The Morgan fingerprint density at radius 1 is 1.24 bits per heavy atom. The van der Waals surface area contributed by atoms with Gasteiger partial charge in [0, 0.05) is 32.3 Å². The molecule has 7 heteroatoms. The molecule has 1 amide bonds. The monoisotopic (exact) mass is 377 g/mol. The third-order valence-corrected chi connectivity index (χ3v) is 5.22. The van der Waals surface area contributed by atoms with Crippen LogP contribution in [0.1, 0.15) is 31.2 Å². The van der Waals surface area contributed by atoms with Gasteiger partial charge in [-0.05, 0) is 43.0 Å². The van der Waals surface area contributed by atoms with Crippen LogP contribution in [0.3, 0.4) is 0 Å². The summed E-state index contributed by atoms with van der Waals surface area (Å²) >= 11 is 6.61. The minimum atomic E-state index is -1.03. The first kappa shape index (κ1) is 19.5. The molecule has 0 saturated carbocycles. The van der Waals surface area contributed by atoms with Crippen molar-refractivity contribution in [1.29, 1.82) is 0 Å². The van der Waals surface area contributed by atoms with Crippen LogP contribution in [0.4, 0.5) is 5.69 Å². The standard InChI is InChI=1S/C18H22N2O3S2/c1-19(2)14-9-7-13(8-10-14)12-15-17(23)20(18(24)25-15)11-5-3-4-6-16(21)22/h7-10,12H,3-6,11H2,1-2H3,(H,21,22)/p-1/b15-12+. The number of anilines is 1. The van der Waals surface area contributed by atoms with Gasteiger partial charge in [0.15, 0.2) is 0 Å². The van der Waals surface area contributed by atoms with E-state index in [1.54, 1.807) is 4.90 Å². The van der Waals surface area contributed by atoms with E-state index in [1.165, 1.54) is 11.8 Å². The van der Waals surface area contributed by atoms with Crippen LogP contribution < -0.4 is 10.0 Å². The fraction of sp³-hybridized carbons (Fsp3) is 0.389. The topological polar surface area (TPSA) is 63.7 Å². The highest BCUT2D eigenvalue weighted by molar-refractivity contribution is 8.26. The molecule has 1 aromatic carbocycles. The summed E-state index contributed by atoms with van der Waals surface area (Å²) in [6.45, 7) is 0.522. The van der Waals surface area contributed by atoms with Gasteiger partial charge in [-0.15, -0.1) is 0 Å². The Hall–Kier alpha value is -1.86. The molecule has 5 nitrogen and oxygen atoms in total. The molecule has 1 aliphatic rings.